The molecule has 0 bridgehead atoms. The van der Waals surface area contributed by atoms with Crippen LogP contribution in [-0.4, -0.2) is 46.5 Å². The van der Waals surface area contributed by atoms with Crippen molar-refractivity contribution in [3.63, 3.8) is 0 Å². The minimum atomic E-state index is -0.829. The Labute approximate surface area is 217 Å². The molecule has 7 heteroatoms. The van der Waals surface area contributed by atoms with Crippen molar-refractivity contribution in [1.82, 2.24) is 15.5 Å². The molecule has 3 unspecified atom stereocenters. The van der Waals surface area contributed by atoms with E-state index in [1.54, 1.807) is 25.7 Å². The average molecular weight is 502 g/mol. The Hall–Kier alpha value is -2.57. The molecule has 202 valence electrons. The van der Waals surface area contributed by atoms with Gasteiger partial charge in [0.25, 0.3) is 0 Å². The average Bonchev–Trinajstić information content (AvgIpc) is 2.80. The number of carbonyl (C=O) groups excluding carboxylic acids is 3. The predicted molar refractivity (Wildman–Crippen MR) is 144 cm³/mol. The lowest BCUT2D eigenvalue weighted by Crippen LogP contribution is -2.57. The summed E-state index contributed by atoms with van der Waals surface area (Å²) in [5.41, 5.74) is 1.16. The van der Waals surface area contributed by atoms with Crippen LogP contribution in [0.4, 0.5) is 4.79 Å². The number of aryl methyl sites for hydroxylation is 1. The van der Waals surface area contributed by atoms with E-state index in [1.807, 2.05) is 58.9 Å². The van der Waals surface area contributed by atoms with Gasteiger partial charge in [0, 0.05) is 12.1 Å². The molecule has 2 N–H and O–H groups in total. The summed E-state index contributed by atoms with van der Waals surface area (Å²) in [6.07, 6.45) is 5.33. The summed E-state index contributed by atoms with van der Waals surface area (Å²) in [7, 11) is 0. The first kappa shape index (κ1) is 29.7. The Morgan fingerprint density at radius 3 is 2.11 bits per heavy atom. The number of ether oxygens (including phenoxy) is 1. The Morgan fingerprint density at radius 1 is 1.03 bits per heavy atom. The molecule has 0 aliphatic heterocycles. The van der Waals surface area contributed by atoms with E-state index in [0.717, 1.165) is 36.8 Å². The van der Waals surface area contributed by atoms with E-state index >= 15 is 0 Å². The summed E-state index contributed by atoms with van der Waals surface area (Å²) in [6.45, 7) is 15.1. The molecule has 1 aliphatic rings. The summed E-state index contributed by atoms with van der Waals surface area (Å²) >= 11 is 0. The van der Waals surface area contributed by atoms with Gasteiger partial charge in [0.1, 0.15) is 17.7 Å². The fraction of sp³-hybridized carbons (Fsp3) is 0.690. The Bertz CT molecular complexity index is 870. The second-order valence-electron chi connectivity index (χ2n) is 11.5. The van der Waals surface area contributed by atoms with E-state index in [4.69, 9.17) is 4.74 Å². The van der Waals surface area contributed by atoms with Crippen molar-refractivity contribution in [3.05, 3.63) is 35.4 Å². The molecule has 36 heavy (non-hydrogen) atoms. The first-order valence-corrected chi connectivity index (χ1v) is 13.5. The molecule has 1 fully saturated rings. The maximum atomic E-state index is 14.1. The number of benzene rings is 1. The molecule has 3 atom stereocenters. The van der Waals surface area contributed by atoms with Crippen LogP contribution in [0.15, 0.2) is 24.3 Å². The van der Waals surface area contributed by atoms with Crippen molar-refractivity contribution in [2.45, 2.75) is 124 Å². The van der Waals surface area contributed by atoms with Crippen LogP contribution in [0.1, 0.15) is 104 Å². The van der Waals surface area contributed by atoms with Crippen molar-refractivity contribution < 1.29 is 19.1 Å². The fourth-order valence-corrected chi connectivity index (χ4v) is 4.62. The van der Waals surface area contributed by atoms with Gasteiger partial charge in [-0.15, -0.1) is 0 Å². The lowest BCUT2D eigenvalue weighted by molar-refractivity contribution is -0.146. The van der Waals surface area contributed by atoms with E-state index in [1.165, 1.54) is 6.42 Å². The maximum Gasteiger partial charge on any atom is 0.408 e. The summed E-state index contributed by atoms with van der Waals surface area (Å²) < 4.78 is 5.44. The minimum Gasteiger partial charge on any atom is -0.444 e. The first-order valence-electron chi connectivity index (χ1n) is 13.5. The molecule has 1 aromatic rings. The smallest absolute Gasteiger partial charge is 0.408 e. The third-order valence-electron chi connectivity index (χ3n) is 6.80. The molecule has 7 nitrogen and oxygen atoms in total. The van der Waals surface area contributed by atoms with Crippen molar-refractivity contribution >= 4 is 17.9 Å². The highest BCUT2D eigenvalue weighted by Gasteiger charge is 2.40. The molecule has 0 radical (unpaired) electrons. The number of nitrogens with zero attached hydrogens (tertiary/aromatic N) is 1. The Kier molecular flexibility index (Phi) is 10.8. The number of nitrogens with one attached hydrogen (secondary N) is 2. The quantitative estimate of drug-likeness (QED) is 0.457. The molecule has 0 saturated heterocycles. The van der Waals surface area contributed by atoms with Gasteiger partial charge in [0.2, 0.25) is 11.8 Å². The fourth-order valence-electron chi connectivity index (χ4n) is 4.62. The van der Waals surface area contributed by atoms with Crippen LogP contribution in [-0.2, 0) is 14.3 Å². The van der Waals surface area contributed by atoms with E-state index < -0.39 is 23.8 Å². The number of hydrogen-bond acceptors (Lipinski definition) is 4. The van der Waals surface area contributed by atoms with Crippen LogP contribution < -0.4 is 10.6 Å². The van der Waals surface area contributed by atoms with Crippen molar-refractivity contribution in [2.24, 2.45) is 5.92 Å². The Balaban J connectivity index is 2.46. The molecular weight excluding hydrogens is 454 g/mol. The van der Waals surface area contributed by atoms with Crippen molar-refractivity contribution in [3.8, 4) is 0 Å². The number of amides is 3. The zero-order valence-electron chi connectivity index (χ0n) is 23.5. The summed E-state index contributed by atoms with van der Waals surface area (Å²) in [5.74, 6) is -0.648. The second-order valence-corrected chi connectivity index (χ2v) is 11.5. The standard InChI is InChI=1S/C29H47N3O4/c1-9-21(5)32(27(34)24(19(2)3)31-28(35)36-29(6,7)8)25(22-17-15-20(4)16-18-22)26(33)30-23-13-11-10-12-14-23/h15-19,21,23-25H,9-14H2,1-8H3,(H,30,33)(H,31,35). The lowest BCUT2D eigenvalue weighted by Gasteiger charge is -2.39. The van der Waals surface area contributed by atoms with Crippen molar-refractivity contribution in [1.29, 1.82) is 0 Å². The van der Waals surface area contributed by atoms with Crippen LogP contribution in [0, 0.1) is 12.8 Å². The molecule has 3 amide bonds. The zero-order chi connectivity index (χ0) is 27.0. The van der Waals surface area contributed by atoms with Gasteiger partial charge < -0.3 is 20.3 Å². The molecule has 0 aromatic heterocycles. The van der Waals surface area contributed by atoms with E-state index in [2.05, 4.69) is 10.6 Å². The van der Waals surface area contributed by atoms with Crippen molar-refractivity contribution in [2.75, 3.05) is 0 Å². The largest absolute Gasteiger partial charge is 0.444 e. The van der Waals surface area contributed by atoms with Gasteiger partial charge in [-0.25, -0.2) is 4.79 Å². The summed E-state index contributed by atoms with van der Waals surface area (Å²) in [5, 5.41) is 6.03. The normalized spacial score (nSPS) is 17.1. The topological polar surface area (TPSA) is 87.7 Å². The number of hydrogen-bond donors (Lipinski definition) is 2. The highest BCUT2D eigenvalue weighted by molar-refractivity contribution is 5.92. The van der Waals surface area contributed by atoms with E-state index in [0.29, 0.717) is 6.42 Å². The third kappa shape index (κ3) is 8.52. The second kappa shape index (κ2) is 13.1. The van der Waals surface area contributed by atoms with Gasteiger partial charge in [-0.2, -0.15) is 0 Å². The molecule has 1 saturated carbocycles. The van der Waals surface area contributed by atoms with Gasteiger partial charge in [-0.05, 0) is 65.4 Å². The molecule has 2 rings (SSSR count). The van der Waals surface area contributed by atoms with Gasteiger partial charge in [-0.1, -0.05) is 69.9 Å². The van der Waals surface area contributed by atoms with Crippen LogP contribution in [0.25, 0.3) is 0 Å². The van der Waals surface area contributed by atoms with Gasteiger partial charge in [0.15, 0.2) is 0 Å². The highest BCUT2D eigenvalue weighted by Crippen LogP contribution is 2.29. The molecular formula is C29H47N3O4. The van der Waals surface area contributed by atoms with Crippen LogP contribution in [0.5, 0.6) is 0 Å². The number of rotatable bonds is 9. The van der Waals surface area contributed by atoms with Gasteiger partial charge >= 0.3 is 6.09 Å². The van der Waals surface area contributed by atoms with Gasteiger partial charge in [-0.3, -0.25) is 9.59 Å². The summed E-state index contributed by atoms with van der Waals surface area (Å²) in [6, 6.07) is 6.06. The van der Waals surface area contributed by atoms with Crippen LogP contribution in [0.2, 0.25) is 0 Å². The zero-order valence-corrected chi connectivity index (χ0v) is 23.5. The Morgan fingerprint density at radius 2 is 1.61 bits per heavy atom. The first-order chi connectivity index (χ1) is 16.8. The molecule has 1 aliphatic carbocycles. The SMILES string of the molecule is CCC(C)N(C(=O)C(NC(=O)OC(C)(C)C)C(C)C)C(C(=O)NC1CCCCC1)c1ccc(C)cc1. The number of alkyl carbamates (subject to hydrolysis) is 1. The van der Waals surface area contributed by atoms with Gasteiger partial charge in [0.05, 0.1) is 0 Å². The van der Waals surface area contributed by atoms with Crippen LogP contribution in [0.3, 0.4) is 0 Å². The lowest BCUT2D eigenvalue weighted by atomic mass is 9.93. The highest BCUT2D eigenvalue weighted by atomic mass is 16.6. The van der Waals surface area contributed by atoms with E-state index in [9.17, 15) is 14.4 Å². The molecule has 1 aromatic carbocycles. The number of carbonyl (C=O) groups is 3. The predicted octanol–water partition coefficient (Wildman–Crippen LogP) is 5.66. The monoisotopic (exact) mass is 501 g/mol. The van der Waals surface area contributed by atoms with E-state index in [-0.39, 0.29) is 29.8 Å². The molecule has 0 heterocycles. The summed E-state index contributed by atoms with van der Waals surface area (Å²) in [4.78, 5) is 42.3. The maximum absolute atomic E-state index is 14.1. The third-order valence-corrected chi connectivity index (χ3v) is 6.80. The molecule has 0 spiro atoms. The minimum absolute atomic E-state index is 0.119. The van der Waals surface area contributed by atoms with Crippen LogP contribution >= 0.6 is 0 Å².